The lowest BCUT2D eigenvalue weighted by molar-refractivity contribution is 0.0988. The molecule has 20 heavy (non-hydrogen) atoms. The van der Waals surface area contributed by atoms with Crippen molar-refractivity contribution in [2.75, 3.05) is 0 Å². The Hall–Kier alpha value is -1.49. The fourth-order valence-electron chi connectivity index (χ4n) is 2.02. The highest BCUT2D eigenvalue weighted by Crippen LogP contribution is 2.22. The first-order chi connectivity index (χ1) is 9.49. The van der Waals surface area contributed by atoms with Gasteiger partial charge in [-0.3, -0.25) is 4.79 Å². The minimum absolute atomic E-state index is 0.0542. The summed E-state index contributed by atoms with van der Waals surface area (Å²) in [6, 6.07) is 5.71. The van der Waals surface area contributed by atoms with Gasteiger partial charge in [-0.15, -0.1) is 0 Å². The molecule has 0 fully saturated rings. The number of aromatic nitrogens is 3. The zero-order valence-corrected chi connectivity index (χ0v) is 13.5. The maximum absolute atomic E-state index is 12.4. The molecule has 0 aliphatic rings. The Kier molecular flexibility index (Phi) is 4.70. The fraction of sp³-hybridized carbons (Fsp3) is 0.400. The summed E-state index contributed by atoms with van der Waals surface area (Å²) in [4.78, 5) is 16.6. The molecule has 0 atom stereocenters. The van der Waals surface area contributed by atoms with Gasteiger partial charge >= 0.3 is 0 Å². The van der Waals surface area contributed by atoms with Gasteiger partial charge in [-0.1, -0.05) is 32.0 Å². The molecular formula is C15H18BrN3O. The number of hydrogen-bond acceptors (Lipinski definition) is 3. The number of halogens is 1. The van der Waals surface area contributed by atoms with Crippen molar-refractivity contribution in [1.29, 1.82) is 0 Å². The van der Waals surface area contributed by atoms with Crippen LogP contribution in [0.5, 0.6) is 0 Å². The van der Waals surface area contributed by atoms with Crippen LogP contribution in [0.4, 0.5) is 0 Å². The molecule has 0 saturated heterocycles. The molecule has 0 N–H and O–H groups in total. The first-order valence-electron chi connectivity index (χ1n) is 6.64. The molecule has 0 radical (unpaired) electrons. The van der Waals surface area contributed by atoms with Crippen molar-refractivity contribution in [2.24, 2.45) is 5.92 Å². The summed E-state index contributed by atoms with van der Waals surface area (Å²) in [5, 5.41) is 4.18. The minimum Gasteiger partial charge on any atom is -0.294 e. The van der Waals surface area contributed by atoms with Crippen LogP contribution in [-0.2, 0) is 13.0 Å². The summed E-state index contributed by atoms with van der Waals surface area (Å²) in [5.74, 6) is 1.24. The predicted molar refractivity (Wildman–Crippen MR) is 81.8 cm³/mol. The van der Waals surface area contributed by atoms with Crippen LogP contribution < -0.4 is 0 Å². The van der Waals surface area contributed by atoms with E-state index in [0.717, 1.165) is 22.4 Å². The monoisotopic (exact) mass is 335 g/mol. The second-order valence-corrected chi connectivity index (χ2v) is 6.08. The molecule has 5 heteroatoms. The summed E-state index contributed by atoms with van der Waals surface area (Å²) in [6.45, 7) is 6.98. The van der Waals surface area contributed by atoms with E-state index in [4.69, 9.17) is 0 Å². The molecule has 1 heterocycles. The third kappa shape index (κ3) is 3.33. The zero-order valence-electron chi connectivity index (χ0n) is 11.9. The molecule has 1 aromatic carbocycles. The molecule has 4 nitrogen and oxygen atoms in total. The second-order valence-electron chi connectivity index (χ2n) is 5.29. The van der Waals surface area contributed by atoms with Crippen molar-refractivity contribution in [1.82, 2.24) is 14.8 Å². The van der Waals surface area contributed by atoms with Crippen LogP contribution in [0.25, 0.3) is 0 Å². The van der Waals surface area contributed by atoms with Gasteiger partial charge < -0.3 is 0 Å². The highest BCUT2D eigenvalue weighted by atomic mass is 79.9. The molecule has 106 valence electrons. The van der Waals surface area contributed by atoms with Crippen LogP contribution in [0.15, 0.2) is 29.0 Å². The van der Waals surface area contributed by atoms with Crippen LogP contribution in [0, 0.1) is 12.8 Å². The lowest BCUT2D eigenvalue weighted by Gasteiger charge is -2.09. The predicted octanol–water partition coefficient (Wildman–Crippen LogP) is 3.43. The summed E-state index contributed by atoms with van der Waals surface area (Å²) in [5.41, 5.74) is 1.75. The first kappa shape index (κ1) is 14.9. The van der Waals surface area contributed by atoms with Gasteiger partial charge in [0.2, 0.25) is 0 Å². The molecule has 0 bridgehead atoms. The number of nitrogens with zero attached hydrogens (tertiary/aromatic N) is 3. The number of carbonyl (C=O) groups excluding carboxylic acids is 1. The van der Waals surface area contributed by atoms with E-state index in [1.165, 1.54) is 6.33 Å². The molecule has 0 aliphatic heterocycles. The number of Topliss-reactive ketones (excluding diaryl/α,β-unsaturated/α-hetero) is 1. The average molecular weight is 336 g/mol. The third-order valence-electron chi connectivity index (χ3n) is 3.04. The number of hydrogen-bond donors (Lipinski definition) is 0. The van der Waals surface area contributed by atoms with Gasteiger partial charge in [-0.25, -0.2) is 9.67 Å². The highest BCUT2D eigenvalue weighted by molar-refractivity contribution is 9.10. The van der Waals surface area contributed by atoms with Gasteiger partial charge in [0, 0.05) is 16.6 Å². The van der Waals surface area contributed by atoms with E-state index in [-0.39, 0.29) is 12.2 Å². The van der Waals surface area contributed by atoms with E-state index in [1.54, 1.807) is 0 Å². The molecule has 0 spiro atoms. The van der Waals surface area contributed by atoms with Crippen LogP contribution in [0.3, 0.4) is 0 Å². The molecule has 2 rings (SSSR count). The Balaban J connectivity index is 2.20. The van der Waals surface area contributed by atoms with E-state index in [0.29, 0.717) is 11.5 Å². The number of rotatable bonds is 5. The Labute approximate surface area is 127 Å². The van der Waals surface area contributed by atoms with Gasteiger partial charge in [-0.2, -0.15) is 5.10 Å². The normalized spacial score (nSPS) is 11.1. The van der Waals surface area contributed by atoms with Gasteiger partial charge in [0.1, 0.15) is 12.2 Å². The minimum atomic E-state index is 0.0542. The summed E-state index contributed by atoms with van der Waals surface area (Å²) in [7, 11) is 0. The lowest BCUT2D eigenvalue weighted by Crippen LogP contribution is -2.14. The molecule has 0 aliphatic carbocycles. The van der Waals surface area contributed by atoms with Crippen molar-refractivity contribution < 1.29 is 4.79 Å². The summed E-state index contributed by atoms with van der Waals surface area (Å²) < 4.78 is 2.67. The SMILES string of the molecule is Cc1cccc(C(=O)Cc2ncnn2CC(C)C)c1Br. The highest BCUT2D eigenvalue weighted by Gasteiger charge is 2.15. The number of carbonyl (C=O) groups is 1. The van der Waals surface area contributed by atoms with Gasteiger partial charge in [0.05, 0.1) is 6.42 Å². The maximum atomic E-state index is 12.4. The molecule has 0 saturated carbocycles. The third-order valence-corrected chi connectivity index (χ3v) is 4.10. The molecule has 0 unspecified atom stereocenters. The Morgan fingerprint density at radius 1 is 1.40 bits per heavy atom. The van der Waals surface area contributed by atoms with Crippen LogP contribution in [0.2, 0.25) is 0 Å². The van der Waals surface area contributed by atoms with Crippen molar-refractivity contribution >= 4 is 21.7 Å². The Morgan fingerprint density at radius 3 is 2.85 bits per heavy atom. The smallest absolute Gasteiger partial charge is 0.171 e. The maximum Gasteiger partial charge on any atom is 0.171 e. The van der Waals surface area contributed by atoms with Crippen LogP contribution in [0.1, 0.15) is 35.6 Å². The first-order valence-corrected chi connectivity index (χ1v) is 7.43. The van der Waals surface area contributed by atoms with Gasteiger partial charge in [0.15, 0.2) is 5.78 Å². The van der Waals surface area contributed by atoms with E-state index in [2.05, 4.69) is 39.9 Å². The summed E-state index contributed by atoms with van der Waals surface area (Å²) in [6.07, 6.45) is 1.78. The van der Waals surface area contributed by atoms with Crippen molar-refractivity contribution in [3.8, 4) is 0 Å². The van der Waals surface area contributed by atoms with Crippen molar-refractivity contribution in [3.63, 3.8) is 0 Å². The average Bonchev–Trinajstić information content (AvgIpc) is 2.79. The standard InChI is InChI=1S/C15H18BrN3O/c1-10(2)8-19-14(17-9-18-19)7-13(20)12-6-4-5-11(3)15(12)16/h4-6,9-10H,7-8H2,1-3H3. The second kappa shape index (κ2) is 6.31. The molecule has 1 aromatic heterocycles. The van der Waals surface area contributed by atoms with E-state index >= 15 is 0 Å². The van der Waals surface area contributed by atoms with E-state index in [9.17, 15) is 4.79 Å². The quantitative estimate of drug-likeness (QED) is 0.786. The van der Waals surface area contributed by atoms with E-state index in [1.807, 2.05) is 29.8 Å². The number of aryl methyl sites for hydroxylation is 1. The topological polar surface area (TPSA) is 47.8 Å². The van der Waals surface area contributed by atoms with Gasteiger partial charge in [-0.05, 0) is 34.3 Å². The van der Waals surface area contributed by atoms with Crippen LogP contribution >= 0.6 is 15.9 Å². The molecule has 2 aromatic rings. The van der Waals surface area contributed by atoms with Crippen molar-refractivity contribution in [3.05, 3.63) is 46.0 Å². The number of benzene rings is 1. The molecular weight excluding hydrogens is 318 g/mol. The molecule has 0 amide bonds. The fourth-order valence-corrected chi connectivity index (χ4v) is 2.51. The lowest BCUT2D eigenvalue weighted by atomic mass is 10.1. The Morgan fingerprint density at radius 2 is 2.15 bits per heavy atom. The van der Waals surface area contributed by atoms with Gasteiger partial charge in [0.25, 0.3) is 0 Å². The van der Waals surface area contributed by atoms with Crippen LogP contribution in [-0.4, -0.2) is 20.5 Å². The Bertz CT molecular complexity index is 619. The van der Waals surface area contributed by atoms with E-state index < -0.39 is 0 Å². The summed E-state index contributed by atoms with van der Waals surface area (Å²) >= 11 is 3.48. The number of ketones is 1. The largest absolute Gasteiger partial charge is 0.294 e. The van der Waals surface area contributed by atoms with Crippen molar-refractivity contribution in [2.45, 2.75) is 33.7 Å². The zero-order chi connectivity index (χ0) is 14.7.